The van der Waals surface area contributed by atoms with Crippen molar-refractivity contribution in [2.45, 2.75) is 38.6 Å². The number of fused-ring (bicyclic) bond motifs is 1. The van der Waals surface area contributed by atoms with E-state index in [0.717, 1.165) is 53.4 Å². The van der Waals surface area contributed by atoms with Crippen LogP contribution in [-0.2, 0) is 0 Å². The highest BCUT2D eigenvalue weighted by atomic mass is 32.1. The molecule has 7 nitrogen and oxygen atoms in total. The summed E-state index contributed by atoms with van der Waals surface area (Å²) < 4.78 is 1.93. The van der Waals surface area contributed by atoms with Crippen LogP contribution in [0.25, 0.3) is 11.0 Å². The van der Waals surface area contributed by atoms with E-state index >= 15 is 0 Å². The topological polar surface area (TPSA) is 67.2 Å². The maximum atomic E-state index is 13.4. The minimum Gasteiger partial charge on any atom is -0.345 e. The van der Waals surface area contributed by atoms with Gasteiger partial charge in [-0.25, -0.2) is 14.6 Å². The van der Waals surface area contributed by atoms with E-state index in [1.165, 1.54) is 0 Å². The van der Waals surface area contributed by atoms with Gasteiger partial charge in [-0.1, -0.05) is 0 Å². The standard InChI is InChI=1S/C20H24N6OS/c1-13(2)26-18-16(12-22-26)15(11-17(23-18)14-3-4-14)19(27)24-6-8-25(9-7-24)20-21-5-10-28-20/h5,10-14H,3-4,6-9H2,1-2H3. The average molecular weight is 397 g/mol. The fourth-order valence-electron chi connectivity index (χ4n) is 3.82. The number of nitrogens with zero attached hydrogens (tertiary/aromatic N) is 6. The normalized spacial score (nSPS) is 17.7. The zero-order valence-corrected chi connectivity index (χ0v) is 17.0. The van der Waals surface area contributed by atoms with Gasteiger partial charge in [0.1, 0.15) is 0 Å². The van der Waals surface area contributed by atoms with Crippen molar-refractivity contribution in [3.8, 4) is 0 Å². The van der Waals surface area contributed by atoms with Crippen molar-refractivity contribution < 1.29 is 4.79 Å². The number of thiazole rings is 1. The van der Waals surface area contributed by atoms with Crippen LogP contribution in [0.2, 0.25) is 0 Å². The molecule has 3 aromatic heterocycles. The van der Waals surface area contributed by atoms with E-state index in [0.29, 0.717) is 19.0 Å². The fraction of sp³-hybridized carbons (Fsp3) is 0.500. The second-order valence-corrected chi connectivity index (χ2v) is 8.76. The van der Waals surface area contributed by atoms with Crippen molar-refractivity contribution in [3.05, 3.63) is 35.1 Å². The number of aromatic nitrogens is 4. The van der Waals surface area contributed by atoms with Crippen LogP contribution < -0.4 is 4.90 Å². The Labute approximate surface area is 168 Å². The lowest BCUT2D eigenvalue weighted by atomic mass is 10.1. The zero-order valence-electron chi connectivity index (χ0n) is 16.2. The first-order chi connectivity index (χ1) is 13.6. The first-order valence-corrected chi connectivity index (χ1v) is 10.8. The maximum Gasteiger partial charge on any atom is 0.254 e. The van der Waals surface area contributed by atoms with Crippen molar-refractivity contribution in [1.29, 1.82) is 0 Å². The van der Waals surface area contributed by atoms with Crippen LogP contribution in [0, 0.1) is 0 Å². The van der Waals surface area contributed by atoms with E-state index < -0.39 is 0 Å². The van der Waals surface area contributed by atoms with Crippen LogP contribution >= 0.6 is 11.3 Å². The molecule has 1 aliphatic heterocycles. The highest BCUT2D eigenvalue weighted by Gasteiger charge is 2.30. The molecule has 1 saturated carbocycles. The molecular formula is C20H24N6OS. The Balaban J connectivity index is 1.44. The fourth-order valence-corrected chi connectivity index (χ4v) is 4.52. The van der Waals surface area contributed by atoms with Crippen molar-refractivity contribution in [1.82, 2.24) is 24.6 Å². The number of piperazine rings is 1. The number of carbonyl (C=O) groups excluding carboxylic acids is 1. The zero-order chi connectivity index (χ0) is 19.3. The van der Waals surface area contributed by atoms with Crippen molar-refractivity contribution in [2.75, 3.05) is 31.1 Å². The minimum absolute atomic E-state index is 0.0939. The molecule has 2 aliphatic rings. The number of amides is 1. The predicted octanol–water partition coefficient (Wildman–Crippen LogP) is 3.31. The first-order valence-electron chi connectivity index (χ1n) is 9.93. The molecule has 0 atom stereocenters. The summed E-state index contributed by atoms with van der Waals surface area (Å²) in [6.07, 6.45) is 5.96. The molecule has 3 aromatic rings. The first kappa shape index (κ1) is 17.6. The SMILES string of the molecule is CC(C)n1ncc2c(C(=O)N3CCN(c4nccs4)CC3)cc(C3CC3)nc21. The number of carbonyl (C=O) groups is 1. The van der Waals surface area contributed by atoms with E-state index in [-0.39, 0.29) is 11.9 Å². The highest BCUT2D eigenvalue weighted by Crippen LogP contribution is 2.40. The number of rotatable bonds is 4. The smallest absolute Gasteiger partial charge is 0.254 e. The maximum absolute atomic E-state index is 13.4. The molecule has 0 radical (unpaired) electrons. The van der Waals surface area contributed by atoms with E-state index in [9.17, 15) is 4.79 Å². The lowest BCUT2D eigenvalue weighted by Crippen LogP contribution is -2.48. The number of hydrogen-bond donors (Lipinski definition) is 0. The van der Waals surface area contributed by atoms with Gasteiger partial charge in [0.25, 0.3) is 5.91 Å². The molecule has 146 valence electrons. The summed E-state index contributed by atoms with van der Waals surface area (Å²) in [6.45, 7) is 7.23. The Hall–Kier alpha value is -2.48. The highest BCUT2D eigenvalue weighted by molar-refractivity contribution is 7.13. The van der Waals surface area contributed by atoms with Gasteiger partial charge < -0.3 is 9.80 Å². The van der Waals surface area contributed by atoms with E-state index in [2.05, 4.69) is 28.8 Å². The van der Waals surface area contributed by atoms with Crippen LogP contribution in [-0.4, -0.2) is 56.7 Å². The Morgan fingerprint density at radius 3 is 2.64 bits per heavy atom. The molecule has 0 spiro atoms. The van der Waals surface area contributed by atoms with Crippen molar-refractivity contribution in [3.63, 3.8) is 0 Å². The number of anilines is 1. The van der Waals surface area contributed by atoms with Gasteiger partial charge in [-0.2, -0.15) is 5.10 Å². The summed E-state index contributed by atoms with van der Waals surface area (Å²) in [6, 6.07) is 2.23. The molecule has 4 heterocycles. The van der Waals surface area contributed by atoms with Crippen molar-refractivity contribution >= 4 is 33.4 Å². The third kappa shape index (κ3) is 3.05. The molecular weight excluding hydrogens is 372 g/mol. The van der Waals surface area contributed by atoms with Gasteiger partial charge in [0.15, 0.2) is 10.8 Å². The van der Waals surface area contributed by atoms with Gasteiger partial charge in [0.2, 0.25) is 0 Å². The summed E-state index contributed by atoms with van der Waals surface area (Å²) in [7, 11) is 0. The Morgan fingerprint density at radius 2 is 2.00 bits per heavy atom. The molecule has 0 N–H and O–H groups in total. The van der Waals surface area contributed by atoms with Gasteiger partial charge in [-0.3, -0.25) is 4.79 Å². The van der Waals surface area contributed by atoms with Crippen LogP contribution in [0.1, 0.15) is 54.7 Å². The van der Waals surface area contributed by atoms with Gasteiger partial charge in [-0.15, -0.1) is 11.3 Å². The summed E-state index contributed by atoms with van der Waals surface area (Å²) in [5.74, 6) is 0.588. The number of hydrogen-bond acceptors (Lipinski definition) is 6. The predicted molar refractivity (Wildman–Crippen MR) is 110 cm³/mol. The van der Waals surface area contributed by atoms with Gasteiger partial charge >= 0.3 is 0 Å². The second kappa shape index (κ2) is 6.84. The molecule has 28 heavy (non-hydrogen) atoms. The van der Waals surface area contributed by atoms with Crippen LogP contribution in [0.3, 0.4) is 0 Å². The average Bonchev–Trinajstić information content (AvgIpc) is 3.24. The third-order valence-corrected chi connectivity index (χ3v) is 6.39. The lowest BCUT2D eigenvalue weighted by molar-refractivity contribution is 0.0748. The van der Waals surface area contributed by atoms with E-state index in [1.807, 2.05) is 27.2 Å². The second-order valence-electron chi connectivity index (χ2n) is 7.88. The summed E-state index contributed by atoms with van der Waals surface area (Å²) in [5.41, 5.74) is 2.63. The molecule has 1 saturated heterocycles. The molecule has 2 fully saturated rings. The molecule has 8 heteroatoms. The van der Waals surface area contributed by atoms with Crippen LogP contribution in [0.15, 0.2) is 23.8 Å². The van der Waals surface area contributed by atoms with Gasteiger partial charge in [0.05, 0.1) is 17.1 Å². The van der Waals surface area contributed by atoms with Crippen LogP contribution in [0.5, 0.6) is 0 Å². The number of pyridine rings is 1. The summed E-state index contributed by atoms with van der Waals surface area (Å²) in [4.78, 5) is 26.9. The third-order valence-electron chi connectivity index (χ3n) is 5.56. The lowest BCUT2D eigenvalue weighted by Gasteiger charge is -2.34. The summed E-state index contributed by atoms with van der Waals surface area (Å²) in [5, 5.41) is 8.41. The molecule has 5 rings (SSSR count). The molecule has 0 aromatic carbocycles. The van der Waals surface area contributed by atoms with Crippen molar-refractivity contribution in [2.24, 2.45) is 0 Å². The Kier molecular flexibility index (Phi) is 4.30. The minimum atomic E-state index is 0.0939. The van der Waals surface area contributed by atoms with Crippen LogP contribution in [0.4, 0.5) is 5.13 Å². The molecule has 0 unspecified atom stereocenters. The quantitative estimate of drug-likeness (QED) is 0.677. The Morgan fingerprint density at radius 1 is 1.21 bits per heavy atom. The van der Waals surface area contributed by atoms with Gasteiger partial charge in [-0.05, 0) is 32.8 Å². The molecule has 1 amide bonds. The van der Waals surface area contributed by atoms with E-state index in [1.54, 1.807) is 17.5 Å². The van der Waals surface area contributed by atoms with E-state index in [4.69, 9.17) is 4.98 Å². The monoisotopic (exact) mass is 396 g/mol. The largest absolute Gasteiger partial charge is 0.345 e. The van der Waals surface area contributed by atoms with Gasteiger partial charge in [0, 0.05) is 55.4 Å². The molecule has 0 bridgehead atoms. The molecule has 1 aliphatic carbocycles. The summed E-state index contributed by atoms with van der Waals surface area (Å²) >= 11 is 1.65. The Bertz CT molecular complexity index is 999.